The van der Waals surface area contributed by atoms with Gasteiger partial charge in [-0.1, -0.05) is 35.5 Å². The van der Waals surface area contributed by atoms with Crippen LogP contribution < -0.4 is 4.74 Å². The van der Waals surface area contributed by atoms with E-state index in [0.717, 1.165) is 16.6 Å². The van der Waals surface area contributed by atoms with Crippen LogP contribution in [0.25, 0.3) is 22.2 Å². The predicted octanol–water partition coefficient (Wildman–Crippen LogP) is 4.31. The van der Waals surface area contributed by atoms with Crippen molar-refractivity contribution in [2.24, 2.45) is 0 Å². The van der Waals surface area contributed by atoms with Crippen molar-refractivity contribution in [1.29, 1.82) is 0 Å². The average molecular weight is 305 g/mol. The molecule has 2 aromatic heterocycles. The van der Waals surface area contributed by atoms with Gasteiger partial charge in [0.2, 0.25) is 5.76 Å². The summed E-state index contributed by atoms with van der Waals surface area (Å²) in [5, 5.41) is 4.96. The van der Waals surface area contributed by atoms with Crippen LogP contribution in [0.2, 0.25) is 0 Å². The first-order valence-electron chi connectivity index (χ1n) is 7.02. The van der Waals surface area contributed by atoms with Crippen LogP contribution in [-0.2, 0) is 0 Å². The highest BCUT2D eigenvalue weighted by Gasteiger charge is 2.14. The van der Waals surface area contributed by atoms with Crippen molar-refractivity contribution in [2.75, 3.05) is 0 Å². The van der Waals surface area contributed by atoms with Gasteiger partial charge in [-0.05, 0) is 24.3 Å². The van der Waals surface area contributed by atoms with Crippen LogP contribution >= 0.6 is 0 Å². The van der Waals surface area contributed by atoms with Crippen LogP contribution in [0.15, 0.2) is 75.9 Å². The SMILES string of the molecule is O=C(Oc1ccc2c(-c3ccccc3)noc2c1)c1ccco1. The summed E-state index contributed by atoms with van der Waals surface area (Å²) in [5.41, 5.74) is 2.27. The topological polar surface area (TPSA) is 65.5 Å². The first-order chi connectivity index (χ1) is 11.3. The van der Waals surface area contributed by atoms with Gasteiger partial charge < -0.3 is 13.7 Å². The maximum absolute atomic E-state index is 11.9. The number of aromatic nitrogens is 1. The third-order valence-corrected chi connectivity index (χ3v) is 3.42. The zero-order chi connectivity index (χ0) is 15.6. The minimum absolute atomic E-state index is 0.146. The number of fused-ring (bicyclic) bond motifs is 1. The molecule has 5 nitrogen and oxygen atoms in total. The Bertz CT molecular complexity index is 955. The zero-order valence-corrected chi connectivity index (χ0v) is 11.9. The minimum atomic E-state index is -0.558. The first kappa shape index (κ1) is 13.3. The summed E-state index contributed by atoms with van der Waals surface area (Å²) in [4.78, 5) is 11.9. The van der Waals surface area contributed by atoms with E-state index in [-0.39, 0.29) is 5.76 Å². The Morgan fingerprint density at radius 3 is 2.65 bits per heavy atom. The van der Waals surface area contributed by atoms with Gasteiger partial charge in [0.05, 0.1) is 6.26 Å². The summed E-state index contributed by atoms with van der Waals surface area (Å²) in [6, 6.07) is 18.1. The minimum Gasteiger partial charge on any atom is -0.457 e. The van der Waals surface area contributed by atoms with Crippen LogP contribution in [0.5, 0.6) is 5.75 Å². The Kier molecular flexibility index (Phi) is 3.16. The van der Waals surface area contributed by atoms with Gasteiger partial charge in [0, 0.05) is 17.0 Å². The smallest absolute Gasteiger partial charge is 0.379 e. The fraction of sp³-hybridized carbons (Fsp3) is 0. The summed E-state index contributed by atoms with van der Waals surface area (Å²) in [6.07, 6.45) is 1.42. The molecule has 0 atom stereocenters. The number of carbonyl (C=O) groups is 1. The molecule has 0 fully saturated rings. The van der Waals surface area contributed by atoms with Gasteiger partial charge in [-0.25, -0.2) is 4.79 Å². The Morgan fingerprint density at radius 2 is 1.87 bits per heavy atom. The Hall–Kier alpha value is -3.34. The van der Waals surface area contributed by atoms with E-state index in [0.29, 0.717) is 11.3 Å². The van der Waals surface area contributed by atoms with E-state index in [1.54, 1.807) is 24.3 Å². The number of hydrogen-bond acceptors (Lipinski definition) is 5. The third-order valence-electron chi connectivity index (χ3n) is 3.42. The molecular weight excluding hydrogens is 294 g/mol. The summed E-state index contributed by atoms with van der Waals surface area (Å²) >= 11 is 0. The van der Waals surface area contributed by atoms with Gasteiger partial charge in [-0.15, -0.1) is 0 Å². The molecule has 0 amide bonds. The molecule has 0 spiro atoms. The lowest BCUT2D eigenvalue weighted by atomic mass is 10.1. The number of carbonyl (C=O) groups excluding carboxylic acids is 1. The standard InChI is InChI=1S/C18H11NO4/c20-18(15-7-4-10-21-15)22-13-8-9-14-16(11-13)23-19-17(14)12-5-2-1-3-6-12/h1-11H. The molecule has 5 heteroatoms. The van der Waals surface area contributed by atoms with Gasteiger partial charge in [-0.3, -0.25) is 0 Å². The number of rotatable bonds is 3. The third kappa shape index (κ3) is 2.48. The second-order valence-corrected chi connectivity index (χ2v) is 4.92. The predicted molar refractivity (Wildman–Crippen MR) is 83.1 cm³/mol. The number of benzene rings is 2. The van der Waals surface area contributed by atoms with E-state index in [1.807, 2.05) is 36.4 Å². The maximum Gasteiger partial charge on any atom is 0.379 e. The number of esters is 1. The molecule has 4 aromatic rings. The summed E-state index contributed by atoms with van der Waals surface area (Å²) < 4.78 is 15.6. The lowest BCUT2D eigenvalue weighted by Crippen LogP contribution is -2.06. The molecule has 112 valence electrons. The van der Waals surface area contributed by atoms with Gasteiger partial charge in [0.1, 0.15) is 11.4 Å². The molecule has 4 rings (SSSR count). The second-order valence-electron chi connectivity index (χ2n) is 4.92. The van der Waals surface area contributed by atoms with E-state index in [1.165, 1.54) is 6.26 Å². The van der Waals surface area contributed by atoms with E-state index in [4.69, 9.17) is 13.7 Å². The Balaban J connectivity index is 1.66. The van der Waals surface area contributed by atoms with Gasteiger partial charge >= 0.3 is 5.97 Å². The molecule has 0 unspecified atom stereocenters. The van der Waals surface area contributed by atoms with Crippen LogP contribution in [0.3, 0.4) is 0 Å². The molecule has 0 saturated heterocycles. The molecule has 23 heavy (non-hydrogen) atoms. The van der Waals surface area contributed by atoms with Crippen molar-refractivity contribution in [1.82, 2.24) is 5.16 Å². The average Bonchev–Trinajstić information content (AvgIpc) is 3.25. The van der Waals surface area contributed by atoms with E-state index in [9.17, 15) is 4.79 Å². The molecule has 0 saturated carbocycles. The Morgan fingerprint density at radius 1 is 1.00 bits per heavy atom. The number of nitrogens with zero attached hydrogens (tertiary/aromatic N) is 1. The van der Waals surface area contributed by atoms with Crippen molar-refractivity contribution in [3.63, 3.8) is 0 Å². The number of hydrogen-bond donors (Lipinski definition) is 0. The highest BCUT2D eigenvalue weighted by molar-refractivity contribution is 5.93. The molecule has 2 aromatic carbocycles. The van der Waals surface area contributed by atoms with Crippen molar-refractivity contribution >= 4 is 16.9 Å². The maximum atomic E-state index is 11.9. The zero-order valence-electron chi connectivity index (χ0n) is 11.9. The van der Waals surface area contributed by atoms with E-state index < -0.39 is 5.97 Å². The highest BCUT2D eigenvalue weighted by Crippen LogP contribution is 2.30. The van der Waals surface area contributed by atoms with Crippen molar-refractivity contribution in [3.8, 4) is 17.0 Å². The van der Waals surface area contributed by atoms with Gasteiger partial charge in [0.25, 0.3) is 0 Å². The summed E-state index contributed by atoms with van der Waals surface area (Å²) in [5.74, 6) is -0.0422. The van der Waals surface area contributed by atoms with Crippen LogP contribution in [-0.4, -0.2) is 11.1 Å². The molecule has 0 bridgehead atoms. The van der Waals surface area contributed by atoms with E-state index >= 15 is 0 Å². The number of furan rings is 1. The highest BCUT2D eigenvalue weighted by atomic mass is 16.5. The summed E-state index contributed by atoms with van der Waals surface area (Å²) in [6.45, 7) is 0. The first-order valence-corrected chi connectivity index (χ1v) is 7.02. The molecule has 2 heterocycles. The molecule has 0 radical (unpaired) electrons. The van der Waals surface area contributed by atoms with E-state index in [2.05, 4.69) is 5.16 Å². The largest absolute Gasteiger partial charge is 0.457 e. The molecule has 0 aliphatic heterocycles. The summed E-state index contributed by atoms with van der Waals surface area (Å²) in [7, 11) is 0. The quantitative estimate of drug-likeness (QED) is 0.417. The molecule has 0 aliphatic rings. The second kappa shape index (κ2) is 5.46. The lowest BCUT2D eigenvalue weighted by Gasteiger charge is -2.01. The molecular formula is C18H11NO4. The van der Waals surface area contributed by atoms with Crippen LogP contribution in [0.4, 0.5) is 0 Å². The fourth-order valence-electron chi connectivity index (χ4n) is 2.34. The normalized spacial score (nSPS) is 10.8. The van der Waals surface area contributed by atoms with Gasteiger partial charge in [0.15, 0.2) is 5.58 Å². The van der Waals surface area contributed by atoms with Crippen molar-refractivity contribution < 1.29 is 18.5 Å². The van der Waals surface area contributed by atoms with Crippen molar-refractivity contribution in [3.05, 3.63) is 72.7 Å². The van der Waals surface area contributed by atoms with Gasteiger partial charge in [-0.2, -0.15) is 0 Å². The molecule has 0 aliphatic carbocycles. The van der Waals surface area contributed by atoms with Crippen LogP contribution in [0, 0.1) is 0 Å². The fourth-order valence-corrected chi connectivity index (χ4v) is 2.34. The van der Waals surface area contributed by atoms with Crippen molar-refractivity contribution in [2.45, 2.75) is 0 Å². The Labute approximate surface area is 131 Å². The number of ether oxygens (including phenoxy) is 1. The lowest BCUT2D eigenvalue weighted by molar-refractivity contribution is 0.0701. The van der Waals surface area contributed by atoms with Crippen LogP contribution in [0.1, 0.15) is 10.6 Å². The monoisotopic (exact) mass is 305 g/mol. The molecule has 0 N–H and O–H groups in total.